The van der Waals surface area contributed by atoms with Gasteiger partial charge in [0.1, 0.15) is 5.56 Å². The predicted octanol–water partition coefficient (Wildman–Crippen LogP) is 2.38. The molecule has 1 N–H and O–H groups in total. The van der Waals surface area contributed by atoms with Crippen molar-refractivity contribution in [1.82, 2.24) is 10.3 Å². The molecule has 1 heterocycles. The number of carbonyl (C=O) groups excluding carboxylic acids is 1. The van der Waals surface area contributed by atoms with E-state index in [1.54, 1.807) is 18.3 Å². The molecular weight excluding hydrogens is 284 g/mol. The summed E-state index contributed by atoms with van der Waals surface area (Å²) in [5.74, 6) is 0.147. The topological polar surface area (TPSA) is 51.2 Å². The Morgan fingerprint density at radius 3 is 2.76 bits per heavy atom. The maximum Gasteiger partial charge on any atom is 0.257 e. The summed E-state index contributed by atoms with van der Waals surface area (Å²) in [6.07, 6.45) is 1.59. The second-order valence-electron chi connectivity index (χ2n) is 4.35. The summed E-state index contributed by atoms with van der Waals surface area (Å²) in [7, 11) is 1.50. The Bertz CT molecular complexity index is 405. The molecule has 17 heavy (non-hydrogen) atoms. The molecule has 0 bridgehead atoms. The summed E-state index contributed by atoms with van der Waals surface area (Å²) in [5, 5.41) is 2.94. The Kier molecular flexibility index (Phi) is 4.51. The summed E-state index contributed by atoms with van der Waals surface area (Å²) in [6.45, 7) is 5.89. The first-order valence-corrected chi connectivity index (χ1v) is 6.25. The van der Waals surface area contributed by atoms with Crippen molar-refractivity contribution in [2.45, 2.75) is 31.1 Å². The number of carbonyl (C=O) groups is 1. The molecule has 0 aromatic carbocycles. The van der Waals surface area contributed by atoms with Crippen molar-refractivity contribution in [2.75, 3.05) is 7.11 Å². The standard InChI is InChI=1S/C12H17BrN2O2/c1-8(13)12(2,3)15-10(16)9-6-5-7-14-11(9)17-4/h5-8H,1-4H3,(H,15,16). The van der Waals surface area contributed by atoms with E-state index in [2.05, 4.69) is 26.2 Å². The number of alkyl halides is 1. The lowest BCUT2D eigenvalue weighted by Gasteiger charge is -2.29. The predicted molar refractivity (Wildman–Crippen MR) is 70.7 cm³/mol. The Hall–Kier alpha value is -1.10. The number of hydrogen-bond acceptors (Lipinski definition) is 3. The van der Waals surface area contributed by atoms with Crippen LogP contribution >= 0.6 is 15.9 Å². The molecule has 0 spiro atoms. The first-order chi connectivity index (χ1) is 7.88. The number of hydrogen-bond donors (Lipinski definition) is 1. The number of nitrogens with zero attached hydrogens (tertiary/aromatic N) is 1. The molecule has 0 saturated heterocycles. The quantitative estimate of drug-likeness (QED) is 0.869. The molecule has 0 aliphatic rings. The number of aromatic nitrogens is 1. The highest BCUT2D eigenvalue weighted by Crippen LogP contribution is 2.19. The van der Waals surface area contributed by atoms with Crippen molar-refractivity contribution in [3.63, 3.8) is 0 Å². The van der Waals surface area contributed by atoms with Gasteiger partial charge in [-0.3, -0.25) is 4.79 Å². The van der Waals surface area contributed by atoms with Crippen LogP contribution in [0.25, 0.3) is 0 Å². The smallest absolute Gasteiger partial charge is 0.257 e. The molecular formula is C12H17BrN2O2. The third-order valence-corrected chi connectivity index (χ3v) is 3.78. The highest BCUT2D eigenvalue weighted by molar-refractivity contribution is 9.09. The van der Waals surface area contributed by atoms with E-state index in [1.807, 2.05) is 20.8 Å². The van der Waals surface area contributed by atoms with E-state index in [0.29, 0.717) is 11.4 Å². The second kappa shape index (κ2) is 5.49. The Labute approximate surface area is 110 Å². The second-order valence-corrected chi connectivity index (χ2v) is 5.73. The van der Waals surface area contributed by atoms with E-state index in [1.165, 1.54) is 7.11 Å². The molecule has 0 saturated carbocycles. The molecule has 1 aromatic rings. The van der Waals surface area contributed by atoms with Crippen LogP contribution in [0, 0.1) is 0 Å². The highest BCUT2D eigenvalue weighted by atomic mass is 79.9. The third kappa shape index (κ3) is 3.43. The van der Waals surface area contributed by atoms with E-state index >= 15 is 0 Å². The van der Waals surface area contributed by atoms with Crippen LogP contribution in [0.4, 0.5) is 0 Å². The normalized spacial score (nSPS) is 13.0. The van der Waals surface area contributed by atoms with Crippen molar-refractivity contribution in [2.24, 2.45) is 0 Å². The Balaban J connectivity index is 2.91. The van der Waals surface area contributed by atoms with Gasteiger partial charge in [-0.15, -0.1) is 0 Å². The third-order valence-electron chi connectivity index (χ3n) is 2.64. The lowest BCUT2D eigenvalue weighted by atomic mass is 10.0. The zero-order valence-corrected chi connectivity index (χ0v) is 12.0. The minimum atomic E-state index is -0.349. The summed E-state index contributed by atoms with van der Waals surface area (Å²) < 4.78 is 5.06. The number of ether oxygens (including phenoxy) is 1. The van der Waals surface area contributed by atoms with Crippen LogP contribution in [-0.4, -0.2) is 28.4 Å². The van der Waals surface area contributed by atoms with Gasteiger partial charge in [-0.1, -0.05) is 22.9 Å². The van der Waals surface area contributed by atoms with Crippen molar-refractivity contribution >= 4 is 21.8 Å². The summed E-state index contributed by atoms with van der Waals surface area (Å²) in [4.78, 5) is 16.2. The van der Waals surface area contributed by atoms with Crippen molar-refractivity contribution in [1.29, 1.82) is 0 Å². The van der Waals surface area contributed by atoms with Crippen LogP contribution < -0.4 is 10.1 Å². The van der Waals surface area contributed by atoms with Crippen LogP contribution in [0.15, 0.2) is 18.3 Å². The fraction of sp³-hybridized carbons (Fsp3) is 0.500. The van der Waals surface area contributed by atoms with Crippen LogP contribution in [0.3, 0.4) is 0 Å². The zero-order valence-electron chi connectivity index (χ0n) is 10.5. The van der Waals surface area contributed by atoms with Gasteiger partial charge < -0.3 is 10.1 Å². The van der Waals surface area contributed by atoms with Crippen molar-refractivity contribution in [3.05, 3.63) is 23.9 Å². The average Bonchev–Trinajstić information content (AvgIpc) is 2.28. The fourth-order valence-corrected chi connectivity index (χ4v) is 1.30. The Morgan fingerprint density at radius 1 is 1.59 bits per heavy atom. The van der Waals surface area contributed by atoms with Crippen molar-refractivity contribution < 1.29 is 9.53 Å². The SMILES string of the molecule is COc1ncccc1C(=O)NC(C)(C)C(C)Br. The van der Waals surface area contributed by atoms with Crippen LogP contribution in [0.2, 0.25) is 0 Å². The van der Waals surface area contributed by atoms with Gasteiger partial charge in [-0.25, -0.2) is 4.98 Å². The van der Waals surface area contributed by atoms with Gasteiger partial charge in [0.05, 0.1) is 7.11 Å². The molecule has 1 aromatic heterocycles. The first-order valence-electron chi connectivity index (χ1n) is 5.34. The van der Waals surface area contributed by atoms with Gasteiger partial charge in [0.25, 0.3) is 5.91 Å². The highest BCUT2D eigenvalue weighted by Gasteiger charge is 2.27. The minimum absolute atomic E-state index is 0.154. The lowest BCUT2D eigenvalue weighted by Crippen LogP contribution is -2.48. The van der Waals surface area contributed by atoms with E-state index in [-0.39, 0.29) is 16.3 Å². The first kappa shape index (κ1) is 14.0. The molecule has 94 valence electrons. The molecule has 1 atom stereocenters. The zero-order chi connectivity index (χ0) is 13.1. The van der Waals surface area contributed by atoms with Gasteiger partial charge in [-0.2, -0.15) is 0 Å². The summed E-state index contributed by atoms with van der Waals surface area (Å²) in [6, 6.07) is 3.40. The molecule has 1 rings (SSSR count). The molecule has 4 nitrogen and oxygen atoms in total. The fourth-order valence-electron chi connectivity index (χ4n) is 1.19. The molecule has 0 aliphatic heterocycles. The average molecular weight is 301 g/mol. The number of rotatable bonds is 4. The Morgan fingerprint density at radius 2 is 2.24 bits per heavy atom. The van der Waals surface area contributed by atoms with Crippen LogP contribution in [0.5, 0.6) is 5.88 Å². The van der Waals surface area contributed by atoms with E-state index in [0.717, 1.165) is 0 Å². The minimum Gasteiger partial charge on any atom is -0.480 e. The maximum atomic E-state index is 12.1. The number of pyridine rings is 1. The molecule has 0 radical (unpaired) electrons. The molecule has 5 heteroatoms. The van der Waals surface area contributed by atoms with Gasteiger partial charge in [0.2, 0.25) is 5.88 Å². The molecule has 1 amide bonds. The van der Waals surface area contributed by atoms with Gasteiger partial charge in [-0.05, 0) is 26.0 Å². The molecule has 1 unspecified atom stereocenters. The van der Waals surface area contributed by atoms with E-state index in [4.69, 9.17) is 4.74 Å². The number of amides is 1. The number of nitrogens with one attached hydrogen (secondary N) is 1. The van der Waals surface area contributed by atoms with E-state index < -0.39 is 0 Å². The van der Waals surface area contributed by atoms with E-state index in [9.17, 15) is 4.79 Å². The molecule has 0 aliphatic carbocycles. The van der Waals surface area contributed by atoms with Gasteiger partial charge in [0, 0.05) is 16.6 Å². The van der Waals surface area contributed by atoms with Gasteiger partial charge >= 0.3 is 0 Å². The van der Waals surface area contributed by atoms with Crippen LogP contribution in [0.1, 0.15) is 31.1 Å². The van der Waals surface area contributed by atoms with Crippen LogP contribution in [-0.2, 0) is 0 Å². The van der Waals surface area contributed by atoms with Gasteiger partial charge in [0.15, 0.2) is 0 Å². The number of halogens is 1. The van der Waals surface area contributed by atoms with Crippen molar-refractivity contribution in [3.8, 4) is 5.88 Å². The monoisotopic (exact) mass is 300 g/mol. The summed E-state index contributed by atoms with van der Waals surface area (Å²) in [5.41, 5.74) is 0.0917. The largest absolute Gasteiger partial charge is 0.480 e. The lowest BCUT2D eigenvalue weighted by molar-refractivity contribution is 0.0910. The number of methoxy groups -OCH3 is 1. The summed E-state index contributed by atoms with van der Waals surface area (Å²) >= 11 is 3.47. The molecule has 0 fully saturated rings. The maximum absolute atomic E-state index is 12.1.